The first-order valence-electron chi connectivity index (χ1n) is 7.48. The molecule has 1 fully saturated rings. The van der Waals surface area contributed by atoms with Gasteiger partial charge in [-0.05, 0) is 42.8 Å². The van der Waals surface area contributed by atoms with Crippen molar-refractivity contribution in [3.63, 3.8) is 0 Å². The van der Waals surface area contributed by atoms with Crippen LogP contribution < -0.4 is 0 Å². The summed E-state index contributed by atoms with van der Waals surface area (Å²) in [5.41, 5.74) is 0. The van der Waals surface area contributed by atoms with E-state index in [1.165, 1.54) is 0 Å². The molecule has 1 saturated heterocycles. The van der Waals surface area contributed by atoms with Crippen LogP contribution in [0.4, 0.5) is 0 Å². The number of thioether (sulfide) groups is 1. The van der Waals surface area contributed by atoms with Gasteiger partial charge in [0, 0.05) is 26.2 Å². The third kappa shape index (κ3) is 4.20. The van der Waals surface area contributed by atoms with E-state index in [-0.39, 0.29) is 28.0 Å². The Morgan fingerprint density at radius 3 is 2.59 bits per heavy atom. The average Bonchev–Trinajstić information content (AvgIpc) is 2.79. The van der Waals surface area contributed by atoms with Gasteiger partial charge < -0.3 is 14.2 Å². The van der Waals surface area contributed by atoms with E-state index in [2.05, 4.69) is 0 Å². The SMILES string of the molecule is CCSC(C)C(=O)N1CCCN(C(=O)c2ccc(Cl)o2)CC1. The summed E-state index contributed by atoms with van der Waals surface area (Å²) in [6.07, 6.45) is 0.773. The predicted molar refractivity (Wildman–Crippen MR) is 88.4 cm³/mol. The highest BCUT2D eigenvalue weighted by Crippen LogP contribution is 2.18. The third-order valence-electron chi connectivity index (χ3n) is 3.64. The number of rotatable bonds is 4. The second-order valence-corrected chi connectivity index (χ2v) is 7.16. The molecule has 1 aliphatic rings. The van der Waals surface area contributed by atoms with Gasteiger partial charge in [0.25, 0.3) is 5.91 Å². The van der Waals surface area contributed by atoms with Crippen molar-refractivity contribution in [2.75, 3.05) is 31.9 Å². The second-order valence-electron chi connectivity index (χ2n) is 5.17. The van der Waals surface area contributed by atoms with E-state index in [1.54, 1.807) is 28.8 Å². The molecule has 2 amide bonds. The fraction of sp³-hybridized carbons (Fsp3) is 0.600. The molecule has 1 aliphatic heterocycles. The van der Waals surface area contributed by atoms with Crippen molar-refractivity contribution in [1.29, 1.82) is 0 Å². The lowest BCUT2D eigenvalue weighted by Crippen LogP contribution is -2.40. The van der Waals surface area contributed by atoms with Crippen LogP contribution in [-0.2, 0) is 4.79 Å². The van der Waals surface area contributed by atoms with Crippen molar-refractivity contribution in [3.05, 3.63) is 23.1 Å². The summed E-state index contributed by atoms with van der Waals surface area (Å²) in [6, 6.07) is 3.14. The van der Waals surface area contributed by atoms with Crippen molar-refractivity contribution in [3.8, 4) is 0 Å². The minimum absolute atomic E-state index is 0.0314. The second kappa shape index (κ2) is 7.92. The van der Waals surface area contributed by atoms with Crippen molar-refractivity contribution in [1.82, 2.24) is 9.80 Å². The molecule has 5 nitrogen and oxygen atoms in total. The normalized spacial score (nSPS) is 17.2. The van der Waals surface area contributed by atoms with Gasteiger partial charge in [-0.15, -0.1) is 11.8 Å². The van der Waals surface area contributed by atoms with Crippen molar-refractivity contribution in [2.45, 2.75) is 25.5 Å². The summed E-state index contributed by atoms with van der Waals surface area (Å²) >= 11 is 7.36. The summed E-state index contributed by atoms with van der Waals surface area (Å²) in [7, 11) is 0. The lowest BCUT2D eigenvalue weighted by atomic mass is 10.3. The summed E-state index contributed by atoms with van der Waals surface area (Å²) < 4.78 is 5.17. The minimum Gasteiger partial charge on any atom is -0.440 e. The number of halogens is 1. The Labute approximate surface area is 140 Å². The van der Waals surface area contributed by atoms with Gasteiger partial charge in [0.2, 0.25) is 5.91 Å². The largest absolute Gasteiger partial charge is 0.440 e. The van der Waals surface area contributed by atoms with E-state index >= 15 is 0 Å². The smallest absolute Gasteiger partial charge is 0.289 e. The maximum atomic E-state index is 12.4. The fourth-order valence-corrected chi connectivity index (χ4v) is 3.44. The highest BCUT2D eigenvalue weighted by Gasteiger charge is 2.26. The number of amides is 2. The van der Waals surface area contributed by atoms with E-state index in [9.17, 15) is 9.59 Å². The molecule has 0 spiro atoms. The fourth-order valence-electron chi connectivity index (χ4n) is 2.50. The quantitative estimate of drug-likeness (QED) is 0.842. The zero-order valence-corrected chi connectivity index (χ0v) is 14.5. The average molecular weight is 345 g/mol. The molecule has 0 bridgehead atoms. The molecule has 0 aliphatic carbocycles. The first kappa shape index (κ1) is 17.2. The van der Waals surface area contributed by atoms with Crippen LogP contribution in [0.1, 0.15) is 30.8 Å². The summed E-state index contributed by atoms with van der Waals surface area (Å²) in [6.45, 7) is 6.38. The zero-order chi connectivity index (χ0) is 16.1. The summed E-state index contributed by atoms with van der Waals surface area (Å²) in [5, 5.41) is 0.177. The Morgan fingerprint density at radius 2 is 1.95 bits per heavy atom. The van der Waals surface area contributed by atoms with Gasteiger partial charge in [0.1, 0.15) is 0 Å². The molecule has 1 aromatic rings. The van der Waals surface area contributed by atoms with Crippen LogP contribution in [-0.4, -0.2) is 58.8 Å². The molecule has 122 valence electrons. The lowest BCUT2D eigenvalue weighted by molar-refractivity contribution is -0.130. The van der Waals surface area contributed by atoms with Crippen LogP contribution in [0.15, 0.2) is 16.5 Å². The van der Waals surface area contributed by atoms with Gasteiger partial charge in [-0.2, -0.15) is 0 Å². The minimum atomic E-state index is -0.169. The zero-order valence-electron chi connectivity index (χ0n) is 12.9. The molecule has 22 heavy (non-hydrogen) atoms. The van der Waals surface area contributed by atoms with Gasteiger partial charge in [-0.3, -0.25) is 9.59 Å². The molecule has 1 aromatic heterocycles. The van der Waals surface area contributed by atoms with Gasteiger partial charge in [0.05, 0.1) is 5.25 Å². The molecular formula is C15H21ClN2O3S. The van der Waals surface area contributed by atoms with Crippen molar-refractivity contribution < 1.29 is 14.0 Å². The first-order valence-corrected chi connectivity index (χ1v) is 8.90. The van der Waals surface area contributed by atoms with Gasteiger partial charge in [-0.1, -0.05) is 6.92 Å². The molecular weight excluding hydrogens is 324 g/mol. The molecule has 1 atom stereocenters. The van der Waals surface area contributed by atoms with E-state index in [4.69, 9.17) is 16.0 Å². The molecule has 0 radical (unpaired) electrons. The van der Waals surface area contributed by atoms with Gasteiger partial charge in [-0.25, -0.2) is 0 Å². The molecule has 0 aromatic carbocycles. The van der Waals surface area contributed by atoms with Gasteiger partial charge in [0.15, 0.2) is 11.0 Å². The van der Waals surface area contributed by atoms with E-state index in [0.29, 0.717) is 26.2 Å². The molecule has 2 heterocycles. The van der Waals surface area contributed by atoms with E-state index in [0.717, 1.165) is 12.2 Å². The number of carbonyl (C=O) groups excluding carboxylic acids is 2. The number of carbonyl (C=O) groups is 2. The van der Waals surface area contributed by atoms with Crippen LogP contribution in [0.2, 0.25) is 5.22 Å². The Kier molecular flexibility index (Phi) is 6.20. The van der Waals surface area contributed by atoms with Crippen LogP contribution in [0.25, 0.3) is 0 Å². The van der Waals surface area contributed by atoms with Crippen LogP contribution in [0, 0.1) is 0 Å². The molecule has 7 heteroatoms. The highest BCUT2D eigenvalue weighted by atomic mass is 35.5. The summed E-state index contributed by atoms with van der Waals surface area (Å²) in [4.78, 5) is 28.3. The third-order valence-corrected chi connectivity index (χ3v) is 4.88. The summed E-state index contributed by atoms with van der Waals surface area (Å²) in [5.74, 6) is 1.16. The Hall–Kier alpha value is -1.14. The topological polar surface area (TPSA) is 53.8 Å². The first-order chi connectivity index (χ1) is 10.5. The monoisotopic (exact) mass is 344 g/mol. The Morgan fingerprint density at radius 1 is 1.27 bits per heavy atom. The van der Waals surface area contributed by atoms with Crippen molar-refractivity contribution >= 4 is 35.2 Å². The maximum Gasteiger partial charge on any atom is 0.289 e. The van der Waals surface area contributed by atoms with Crippen molar-refractivity contribution in [2.24, 2.45) is 0 Å². The van der Waals surface area contributed by atoms with Crippen LogP contribution in [0.3, 0.4) is 0 Å². The van der Waals surface area contributed by atoms with Gasteiger partial charge >= 0.3 is 0 Å². The predicted octanol–water partition coefficient (Wildman–Crippen LogP) is 2.75. The van der Waals surface area contributed by atoms with E-state index < -0.39 is 0 Å². The van der Waals surface area contributed by atoms with Crippen LogP contribution in [0.5, 0.6) is 0 Å². The Balaban J connectivity index is 1.95. The number of furan rings is 1. The standard InChI is InChI=1S/C15H21ClN2O3S/c1-3-22-11(2)14(19)17-7-4-8-18(10-9-17)15(20)12-5-6-13(16)21-12/h5-6,11H,3-4,7-10H2,1-2H3. The lowest BCUT2D eigenvalue weighted by Gasteiger charge is -2.24. The molecule has 0 N–H and O–H groups in total. The highest BCUT2D eigenvalue weighted by molar-refractivity contribution is 8.00. The molecule has 0 saturated carbocycles. The van der Waals surface area contributed by atoms with Crippen LogP contribution >= 0.6 is 23.4 Å². The maximum absolute atomic E-state index is 12.4. The molecule has 1 unspecified atom stereocenters. The molecule has 2 rings (SSSR count). The number of nitrogens with zero attached hydrogens (tertiary/aromatic N) is 2. The Bertz CT molecular complexity index is 535. The van der Waals surface area contributed by atoms with E-state index in [1.807, 2.05) is 18.7 Å². The number of hydrogen-bond donors (Lipinski definition) is 0. The number of hydrogen-bond acceptors (Lipinski definition) is 4.